The normalized spacial score (nSPS) is 10.8. The molecule has 0 N–H and O–H groups in total. The van der Waals surface area contributed by atoms with Crippen LogP contribution in [0.5, 0.6) is 11.5 Å². The van der Waals surface area contributed by atoms with Crippen LogP contribution in [0.2, 0.25) is 0 Å². The van der Waals surface area contributed by atoms with E-state index >= 15 is 0 Å². The predicted octanol–water partition coefficient (Wildman–Crippen LogP) is 15.5. The van der Waals surface area contributed by atoms with Gasteiger partial charge in [-0.25, -0.2) is 0 Å². The molecule has 0 heterocycles. The lowest BCUT2D eigenvalue weighted by atomic mass is 10.0. The lowest BCUT2D eigenvalue weighted by Crippen LogP contribution is -2.07. The zero-order valence-corrected chi connectivity index (χ0v) is 36.4. The second-order valence-corrected chi connectivity index (χ2v) is 15.8. The largest absolute Gasteiger partial charge is 0.427 e. The van der Waals surface area contributed by atoms with Gasteiger partial charge < -0.3 is 9.47 Å². The number of nitro benzene ring substituents is 2. The Morgan fingerprint density at radius 3 is 0.793 bits per heavy atom. The number of hydrogen-bond acceptors (Lipinski definition) is 8. The van der Waals surface area contributed by atoms with Crippen LogP contribution in [-0.4, -0.2) is 21.8 Å². The number of unbranched alkanes of at least 4 members (excludes halogenated alkanes) is 28. The summed E-state index contributed by atoms with van der Waals surface area (Å²) in [6.07, 6.45) is 39.6. The zero-order valence-electron chi connectivity index (χ0n) is 36.4. The highest BCUT2D eigenvalue weighted by Gasteiger charge is 2.10. The summed E-state index contributed by atoms with van der Waals surface area (Å²) in [5.74, 6) is 0.185. The molecule has 0 saturated heterocycles. The number of rotatable bonds is 36. The fourth-order valence-corrected chi connectivity index (χ4v) is 6.92. The first-order valence-corrected chi connectivity index (χ1v) is 23.2. The van der Waals surface area contributed by atoms with Crippen LogP contribution >= 0.6 is 0 Å². The summed E-state index contributed by atoms with van der Waals surface area (Å²) in [4.78, 5) is 43.9. The summed E-state index contributed by atoms with van der Waals surface area (Å²) in [5, 5.41) is 21.2. The highest BCUT2D eigenvalue weighted by Crippen LogP contribution is 2.20. The third-order valence-corrected chi connectivity index (χ3v) is 10.5. The van der Waals surface area contributed by atoms with Crippen molar-refractivity contribution in [3.05, 3.63) is 68.8 Å². The van der Waals surface area contributed by atoms with E-state index in [2.05, 4.69) is 13.8 Å². The summed E-state index contributed by atoms with van der Waals surface area (Å²) in [6, 6.07) is 11.2. The quantitative estimate of drug-likeness (QED) is 0.0218. The molecule has 10 heteroatoms. The minimum Gasteiger partial charge on any atom is -0.427 e. The summed E-state index contributed by atoms with van der Waals surface area (Å²) in [6.45, 7) is 4.52. The van der Waals surface area contributed by atoms with Gasteiger partial charge in [0, 0.05) is 37.1 Å². The molecule has 0 aliphatic rings. The summed E-state index contributed by atoms with van der Waals surface area (Å²) in [7, 11) is 0. The second kappa shape index (κ2) is 37.5. The van der Waals surface area contributed by atoms with Crippen LogP contribution in [0, 0.1) is 20.2 Å². The molecule has 0 aliphatic heterocycles. The van der Waals surface area contributed by atoms with Crippen molar-refractivity contribution in [1.82, 2.24) is 0 Å². The molecule has 2 aromatic carbocycles. The van der Waals surface area contributed by atoms with Crippen molar-refractivity contribution < 1.29 is 28.9 Å². The number of hydrogen-bond donors (Lipinski definition) is 0. The molecule has 0 radical (unpaired) electrons. The second-order valence-electron chi connectivity index (χ2n) is 15.8. The van der Waals surface area contributed by atoms with Crippen LogP contribution in [0.15, 0.2) is 48.5 Å². The van der Waals surface area contributed by atoms with Crippen molar-refractivity contribution in [2.75, 3.05) is 0 Å². The van der Waals surface area contributed by atoms with Crippen LogP contribution in [0.3, 0.4) is 0 Å². The molecule has 0 aromatic heterocycles. The maximum absolute atomic E-state index is 11.8. The van der Waals surface area contributed by atoms with Crippen molar-refractivity contribution >= 4 is 23.3 Å². The van der Waals surface area contributed by atoms with Gasteiger partial charge in [-0.3, -0.25) is 29.8 Å². The summed E-state index contributed by atoms with van der Waals surface area (Å²) in [5.41, 5.74) is -0.0144. The lowest BCUT2D eigenvalue weighted by Gasteiger charge is -2.05. The third-order valence-electron chi connectivity index (χ3n) is 10.5. The Morgan fingerprint density at radius 1 is 0.379 bits per heavy atom. The minimum atomic E-state index is -0.471. The molecular formula is C48H78N2O8. The van der Waals surface area contributed by atoms with Crippen molar-refractivity contribution in [3.8, 4) is 11.5 Å². The monoisotopic (exact) mass is 811 g/mol. The molecule has 0 fully saturated rings. The Kier molecular flexibility index (Phi) is 33.7. The molecule has 0 aliphatic carbocycles. The van der Waals surface area contributed by atoms with Crippen LogP contribution in [0.1, 0.15) is 219 Å². The van der Waals surface area contributed by atoms with E-state index in [1.54, 1.807) is 0 Å². The summed E-state index contributed by atoms with van der Waals surface area (Å²) >= 11 is 0. The maximum Gasteiger partial charge on any atom is 0.311 e. The van der Waals surface area contributed by atoms with Crippen molar-refractivity contribution in [3.63, 3.8) is 0 Å². The van der Waals surface area contributed by atoms with Gasteiger partial charge in [-0.1, -0.05) is 194 Å². The fraction of sp³-hybridized carbons (Fsp3) is 0.708. The summed E-state index contributed by atoms with van der Waals surface area (Å²) < 4.78 is 10.4. The first-order valence-electron chi connectivity index (χ1n) is 23.2. The number of ether oxygens (including phenoxy) is 2. The van der Waals surface area contributed by atoms with E-state index < -0.39 is 9.85 Å². The van der Waals surface area contributed by atoms with E-state index in [1.165, 1.54) is 215 Å². The first kappa shape index (κ1) is 52.2. The number of carbonyl (C=O) groups is 2. The third kappa shape index (κ3) is 31.2. The Balaban J connectivity index is 0.000000580. The van der Waals surface area contributed by atoms with E-state index in [4.69, 9.17) is 9.47 Å². The molecule has 0 unspecified atom stereocenters. The van der Waals surface area contributed by atoms with Gasteiger partial charge in [-0.05, 0) is 37.1 Å². The number of benzene rings is 2. The average molecular weight is 811 g/mol. The molecule has 58 heavy (non-hydrogen) atoms. The van der Waals surface area contributed by atoms with Crippen LogP contribution < -0.4 is 9.47 Å². The van der Waals surface area contributed by atoms with Crippen LogP contribution in [0.4, 0.5) is 11.4 Å². The fourth-order valence-electron chi connectivity index (χ4n) is 6.92. The highest BCUT2D eigenvalue weighted by atomic mass is 16.6. The molecule has 0 atom stereocenters. The van der Waals surface area contributed by atoms with Gasteiger partial charge in [-0.2, -0.15) is 0 Å². The van der Waals surface area contributed by atoms with Crippen LogP contribution in [0.25, 0.3) is 0 Å². The van der Waals surface area contributed by atoms with Gasteiger partial charge in [0.05, 0.1) is 9.85 Å². The smallest absolute Gasteiger partial charge is 0.311 e. The van der Waals surface area contributed by atoms with Gasteiger partial charge in [-0.15, -0.1) is 0 Å². The first-order chi connectivity index (χ1) is 28.3. The molecule has 0 spiro atoms. The number of esters is 2. The van der Waals surface area contributed by atoms with Gasteiger partial charge in [0.2, 0.25) is 0 Å². The number of nitro groups is 2. The number of carbonyl (C=O) groups excluding carboxylic acids is 2. The Morgan fingerprint density at radius 2 is 0.586 bits per heavy atom. The van der Waals surface area contributed by atoms with Gasteiger partial charge in [0.15, 0.2) is 0 Å². The molecule has 2 aromatic rings. The minimum absolute atomic E-state index is 0.00721. The standard InChI is InChI=1S/2C24H39NO4/c2*1-2-3-4-5-6-7-8-9-10-11-12-13-14-15-16-17-24(26)29-23-20-18-22(19-21-23)25(27)28/h2*18-21H,2-17H2,1H3. The van der Waals surface area contributed by atoms with Gasteiger partial charge >= 0.3 is 11.9 Å². The molecule has 328 valence electrons. The Labute approximate surface area is 350 Å². The van der Waals surface area contributed by atoms with Crippen molar-refractivity contribution in [1.29, 1.82) is 0 Å². The van der Waals surface area contributed by atoms with E-state index in [0.29, 0.717) is 24.3 Å². The van der Waals surface area contributed by atoms with E-state index in [0.717, 1.165) is 25.7 Å². The highest BCUT2D eigenvalue weighted by molar-refractivity contribution is 5.72. The average Bonchev–Trinajstić information content (AvgIpc) is 3.21. The molecule has 0 saturated carbocycles. The maximum atomic E-state index is 11.8. The Bertz CT molecular complexity index is 1210. The predicted molar refractivity (Wildman–Crippen MR) is 237 cm³/mol. The van der Waals surface area contributed by atoms with Crippen molar-refractivity contribution in [2.45, 2.75) is 219 Å². The van der Waals surface area contributed by atoms with E-state index in [-0.39, 0.29) is 23.3 Å². The topological polar surface area (TPSA) is 139 Å². The van der Waals surface area contributed by atoms with Crippen LogP contribution in [-0.2, 0) is 9.59 Å². The SMILES string of the molecule is CCCCCCCCCCCCCCCCCC(=O)Oc1ccc([N+](=O)[O-])cc1.CCCCCCCCCCCCCCCCCC(=O)Oc1ccc([N+](=O)[O-])cc1. The molecule has 0 amide bonds. The number of nitrogens with zero attached hydrogens (tertiary/aromatic N) is 2. The molecule has 2 rings (SSSR count). The van der Waals surface area contributed by atoms with Crippen molar-refractivity contribution in [2.24, 2.45) is 0 Å². The zero-order chi connectivity index (χ0) is 42.3. The molecular weight excluding hydrogens is 733 g/mol. The van der Waals surface area contributed by atoms with E-state index in [9.17, 15) is 29.8 Å². The Hall–Kier alpha value is -3.82. The number of non-ortho nitro benzene ring substituents is 2. The molecule has 10 nitrogen and oxygen atoms in total. The lowest BCUT2D eigenvalue weighted by molar-refractivity contribution is -0.385. The van der Waals surface area contributed by atoms with Gasteiger partial charge in [0.1, 0.15) is 11.5 Å². The molecule has 0 bridgehead atoms. The van der Waals surface area contributed by atoms with Gasteiger partial charge in [0.25, 0.3) is 11.4 Å². The van der Waals surface area contributed by atoms with E-state index in [1.807, 2.05) is 0 Å².